The first kappa shape index (κ1) is 18.2. The number of benzene rings is 2. The van der Waals surface area contributed by atoms with Gasteiger partial charge in [-0.25, -0.2) is 0 Å². The lowest BCUT2D eigenvalue weighted by Crippen LogP contribution is -2.42. The minimum atomic E-state index is -0.316. The quantitative estimate of drug-likeness (QED) is 0.783. The van der Waals surface area contributed by atoms with Gasteiger partial charge < -0.3 is 15.8 Å². The molecular weight excluding hydrogens is 300 g/mol. The molecule has 0 aliphatic rings. The zero-order valence-corrected chi connectivity index (χ0v) is 14.3. The Hall–Kier alpha value is -2.17. The van der Waals surface area contributed by atoms with Gasteiger partial charge in [0.1, 0.15) is 0 Å². The van der Waals surface area contributed by atoms with E-state index in [-0.39, 0.29) is 23.9 Å². The van der Waals surface area contributed by atoms with Crippen molar-refractivity contribution >= 4 is 5.91 Å². The number of hydrogen-bond donors (Lipinski definition) is 2. The molecule has 2 rings (SSSR count). The van der Waals surface area contributed by atoms with Crippen LogP contribution in [0.25, 0.3) is 0 Å². The maximum absolute atomic E-state index is 12.4. The van der Waals surface area contributed by atoms with Crippen molar-refractivity contribution in [3.05, 3.63) is 71.8 Å². The fraction of sp³-hybridized carbons (Fsp3) is 0.350. The first-order chi connectivity index (χ1) is 11.6. The average molecular weight is 326 g/mol. The van der Waals surface area contributed by atoms with E-state index in [2.05, 4.69) is 5.32 Å². The van der Waals surface area contributed by atoms with Gasteiger partial charge in [0.15, 0.2) is 0 Å². The molecule has 24 heavy (non-hydrogen) atoms. The lowest BCUT2D eigenvalue weighted by molar-refractivity contribution is -0.126. The van der Waals surface area contributed by atoms with Crippen LogP contribution in [0, 0.1) is 5.92 Å². The maximum atomic E-state index is 12.4. The van der Waals surface area contributed by atoms with E-state index < -0.39 is 0 Å². The highest BCUT2D eigenvalue weighted by Gasteiger charge is 2.23. The van der Waals surface area contributed by atoms with Crippen molar-refractivity contribution in [3.8, 4) is 0 Å². The summed E-state index contributed by atoms with van der Waals surface area (Å²) in [6.45, 7) is 4.79. The molecule has 128 valence electrons. The molecule has 2 aromatic rings. The van der Waals surface area contributed by atoms with Crippen LogP contribution in [-0.4, -0.2) is 18.6 Å². The molecule has 0 saturated carbocycles. The second-order valence-corrected chi connectivity index (χ2v) is 6.14. The van der Waals surface area contributed by atoms with E-state index in [9.17, 15) is 4.79 Å². The molecule has 1 amide bonds. The Bertz CT molecular complexity index is 616. The van der Waals surface area contributed by atoms with E-state index in [1.165, 1.54) is 0 Å². The van der Waals surface area contributed by atoms with Crippen LogP contribution in [0.3, 0.4) is 0 Å². The largest absolute Gasteiger partial charge is 0.375 e. The molecule has 2 aromatic carbocycles. The molecule has 4 nitrogen and oxygen atoms in total. The van der Waals surface area contributed by atoms with Crippen LogP contribution in [0.15, 0.2) is 60.7 Å². The van der Waals surface area contributed by atoms with Crippen molar-refractivity contribution in [1.82, 2.24) is 5.32 Å². The van der Waals surface area contributed by atoms with Crippen LogP contribution in [0.5, 0.6) is 0 Å². The first-order valence-electron chi connectivity index (χ1n) is 8.30. The summed E-state index contributed by atoms with van der Waals surface area (Å²) in [5.41, 5.74) is 8.29. The van der Waals surface area contributed by atoms with E-state index >= 15 is 0 Å². The van der Waals surface area contributed by atoms with Crippen LogP contribution in [0.4, 0.5) is 0 Å². The molecule has 0 aliphatic heterocycles. The van der Waals surface area contributed by atoms with E-state index in [0.29, 0.717) is 13.2 Å². The zero-order valence-electron chi connectivity index (χ0n) is 14.3. The summed E-state index contributed by atoms with van der Waals surface area (Å²) in [4.78, 5) is 12.4. The van der Waals surface area contributed by atoms with E-state index in [0.717, 1.165) is 11.1 Å². The second kappa shape index (κ2) is 9.21. The number of nitrogens with two attached hydrogens (primary N) is 1. The molecule has 4 heteroatoms. The summed E-state index contributed by atoms with van der Waals surface area (Å²) in [5.74, 6) is -0.355. The van der Waals surface area contributed by atoms with Crippen LogP contribution in [0.1, 0.15) is 31.0 Å². The molecular formula is C20H26N2O2. The number of carbonyl (C=O) groups is 1. The minimum absolute atomic E-state index is 0.0536. The predicted octanol–water partition coefficient (Wildman–Crippen LogP) is 3.04. The van der Waals surface area contributed by atoms with Crippen LogP contribution >= 0.6 is 0 Å². The Labute approximate surface area is 144 Å². The summed E-state index contributed by atoms with van der Waals surface area (Å²) in [6, 6.07) is 19.3. The van der Waals surface area contributed by atoms with E-state index in [4.69, 9.17) is 10.5 Å². The number of ether oxygens (including phenoxy) is 1. The standard InChI is InChI=1S/C20H26N2O2/c1-15(13-24-14-17-9-5-3-6-10-17)22-20(23)16(2)19(21)18-11-7-4-8-12-18/h3-12,15-16,19H,13-14,21H2,1-2H3,(H,22,23). The summed E-state index contributed by atoms with van der Waals surface area (Å²) >= 11 is 0. The summed E-state index contributed by atoms with van der Waals surface area (Å²) in [6.07, 6.45) is 0. The molecule has 0 aliphatic carbocycles. The second-order valence-electron chi connectivity index (χ2n) is 6.14. The zero-order chi connectivity index (χ0) is 17.4. The number of rotatable bonds is 8. The summed E-state index contributed by atoms with van der Waals surface area (Å²) in [7, 11) is 0. The van der Waals surface area contributed by atoms with Gasteiger partial charge in [-0.15, -0.1) is 0 Å². The fourth-order valence-electron chi connectivity index (χ4n) is 2.47. The number of amides is 1. The third kappa shape index (κ3) is 5.48. The normalized spacial score (nSPS) is 14.6. The van der Waals surface area contributed by atoms with Crippen molar-refractivity contribution in [2.45, 2.75) is 32.5 Å². The third-order valence-electron chi connectivity index (χ3n) is 4.00. The van der Waals surface area contributed by atoms with Gasteiger partial charge in [-0.05, 0) is 18.1 Å². The average Bonchev–Trinajstić information content (AvgIpc) is 2.62. The molecule has 0 fully saturated rings. The fourth-order valence-corrected chi connectivity index (χ4v) is 2.47. The van der Waals surface area contributed by atoms with Gasteiger partial charge in [-0.2, -0.15) is 0 Å². The van der Waals surface area contributed by atoms with Gasteiger partial charge in [0.2, 0.25) is 5.91 Å². The van der Waals surface area contributed by atoms with Crippen LogP contribution in [0.2, 0.25) is 0 Å². The van der Waals surface area contributed by atoms with Gasteiger partial charge >= 0.3 is 0 Å². The highest BCUT2D eigenvalue weighted by molar-refractivity contribution is 5.79. The maximum Gasteiger partial charge on any atom is 0.225 e. The highest BCUT2D eigenvalue weighted by Crippen LogP contribution is 2.19. The van der Waals surface area contributed by atoms with Gasteiger partial charge in [0.05, 0.1) is 19.1 Å². The number of nitrogens with one attached hydrogen (secondary N) is 1. The monoisotopic (exact) mass is 326 g/mol. The molecule has 3 unspecified atom stereocenters. The van der Waals surface area contributed by atoms with Crippen molar-refractivity contribution in [2.24, 2.45) is 11.7 Å². The number of hydrogen-bond acceptors (Lipinski definition) is 3. The molecule has 0 aromatic heterocycles. The Morgan fingerprint density at radius 3 is 2.25 bits per heavy atom. The number of carbonyl (C=O) groups excluding carboxylic acids is 1. The van der Waals surface area contributed by atoms with Crippen molar-refractivity contribution in [3.63, 3.8) is 0 Å². The van der Waals surface area contributed by atoms with Gasteiger partial charge in [-0.1, -0.05) is 67.6 Å². The van der Waals surface area contributed by atoms with Crippen molar-refractivity contribution in [2.75, 3.05) is 6.61 Å². The highest BCUT2D eigenvalue weighted by atomic mass is 16.5. The molecule has 0 heterocycles. The Morgan fingerprint density at radius 2 is 1.62 bits per heavy atom. The van der Waals surface area contributed by atoms with E-state index in [1.54, 1.807) is 0 Å². The van der Waals surface area contributed by atoms with E-state index in [1.807, 2.05) is 74.5 Å². The Morgan fingerprint density at radius 1 is 1.04 bits per heavy atom. The topological polar surface area (TPSA) is 64.3 Å². The smallest absolute Gasteiger partial charge is 0.225 e. The molecule has 0 saturated heterocycles. The summed E-state index contributed by atoms with van der Waals surface area (Å²) in [5, 5.41) is 2.97. The van der Waals surface area contributed by atoms with Crippen molar-refractivity contribution < 1.29 is 9.53 Å². The lowest BCUT2D eigenvalue weighted by Gasteiger charge is -2.22. The van der Waals surface area contributed by atoms with Gasteiger partial charge in [0.25, 0.3) is 0 Å². The first-order valence-corrected chi connectivity index (χ1v) is 8.30. The molecule has 0 radical (unpaired) electrons. The Kier molecular flexibility index (Phi) is 6.97. The molecule has 0 spiro atoms. The van der Waals surface area contributed by atoms with Crippen LogP contribution in [-0.2, 0) is 16.1 Å². The van der Waals surface area contributed by atoms with Gasteiger partial charge in [-0.3, -0.25) is 4.79 Å². The predicted molar refractivity (Wildman–Crippen MR) is 96.2 cm³/mol. The Balaban J connectivity index is 1.76. The molecule has 0 bridgehead atoms. The molecule has 3 N–H and O–H groups in total. The van der Waals surface area contributed by atoms with Crippen molar-refractivity contribution in [1.29, 1.82) is 0 Å². The van der Waals surface area contributed by atoms with Gasteiger partial charge in [0, 0.05) is 12.1 Å². The lowest BCUT2D eigenvalue weighted by atomic mass is 9.94. The molecule has 3 atom stereocenters. The third-order valence-corrected chi connectivity index (χ3v) is 4.00. The SMILES string of the molecule is CC(COCc1ccccc1)NC(=O)C(C)C(N)c1ccccc1. The minimum Gasteiger partial charge on any atom is -0.375 e. The summed E-state index contributed by atoms with van der Waals surface area (Å²) < 4.78 is 5.66. The van der Waals surface area contributed by atoms with Crippen LogP contribution < -0.4 is 11.1 Å².